The van der Waals surface area contributed by atoms with Crippen molar-refractivity contribution in [2.24, 2.45) is 11.8 Å². The molecular weight excluding hydrogens is 320 g/mol. The number of rotatable bonds is 6. The Balaban J connectivity index is 1.50. The molecule has 1 aliphatic carbocycles. The summed E-state index contributed by atoms with van der Waals surface area (Å²) in [6.45, 7) is 0.526. The van der Waals surface area contributed by atoms with Crippen LogP contribution < -0.4 is 10.1 Å². The largest absolute Gasteiger partial charge is 0.496 e. The van der Waals surface area contributed by atoms with Crippen molar-refractivity contribution in [1.29, 1.82) is 0 Å². The van der Waals surface area contributed by atoms with Gasteiger partial charge in [-0.2, -0.15) is 0 Å². The van der Waals surface area contributed by atoms with Crippen LogP contribution in [0.2, 0.25) is 0 Å². The predicted octanol–water partition coefficient (Wildman–Crippen LogP) is 1.88. The van der Waals surface area contributed by atoms with E-state index in [9.17, 15) is 14.4 Å². The highest BCUT2D eigenvalue weighted by atomic mass is 16.5. The lowest BCUT2D eigenvalue weighted by atomic mass is 9.81. The maximum atomic E-state index is 12.4. The van der Waals surface area contributed by atoms with Crippen molar-refractivity contribution in [3.05, 3.63) is 29.8 Å². The van der Waals surface area contributed by atoms with Crippen molar-refractivity contribution in [3.63, 3.8) is 0 Å². The molecule has 0 spiro atoms. The average Bonchev–Trinajstić information content (AvgIpc) is 2.89. The number of amides is 3. The Hall–Kier alpha value is -2.37. The van der Waals surface area contributed by atoms with E-state index in [0.29, 0.717) is 6.54 Å². The predicted molar refractivity (Wildman–Crippen MR) is 91.6 cm³/mol. The van der Waals surface area contributed by atoms with Gasteiger partial charge >= 0.3 is 0 Å². The molecular formula is C19H24N2O4. The molecule has 3 rings (SSSR count). The number of para-hydroxylation sites is 1. The molecule has 2 atom stereocenters. The van der Waals surface area contributed by atoms with Crippen molar-refractivity contribution < 1.29 is 19.1 Å². The molecule has 6 heteroatoms. The second kappa shape index (κ2) is 7.68. The lowest BCUT2D eigenvalue weighted by Gasteiger charge is -2.19. The van der Waals surface area contributed by atoms with E-state index in [1.165, 1.54) is 4.90 Å². The van der Waals surface area contributed by atoms with E-state index in [1.54, 1.807) is 7.11 Å². The minimum atomic E-state index is -0.179. The van der Waals surface area contributed by atoms with Crippen LogP contribution in [0.4, 0.5) is 0 Å². The highest BCUT2D eigenvalue weighted by Gasteiger charge is 2.47. The van der Waals surface area contributed by atoms with Crippen molar-refractivity contribution in [2.75, 3.05) is 13.7 Å². The summed E-state index contributed by atoms with van der Waals surface area (Å²) < 4.78 is 5.25. The summed E-state index contributed by atoms with van der Waals surface area (Å²) in [5, 5.41) is 2.82. The molecule has 3 amide bonds. The van der Waals surface area contributed by atoms with Gasteiger partial charge in [-0.25, -0.2) is 0 Å². The summed E-state index contributed by atoms with van der Waals surface area (Å²) in [6.07, 6.45) is 3.74. The number of nitrogens with one attached hydrogen (secondary N) is 1. The molecule has 1 aliphatic heterocycles. The van der Waals surface area contributed by atoms with Crippen LogP contribution in [0.1, 0.15) is 37.7 Å². The highest BCUT2D eigenvalue weighted by molar-refractivity contribution is 6.05. The molecule has 1 aromatic carbocycles. The van der Waals surface area contributed by atoms with E-state index in [2.05, 4.69) is 5.32 Å². The number of imide groups is 1. The Morgan fingerprint density at radius 3 is 2.44 bits per heavy atom. The van der Waals surface area contributed by atoms with Crippen molar-refractivity contribution >= 4 is 17.7 Å². The molecule has 1 N–H and O–H groups in total. The summed E-state index contributed by atoms with van der Waals surface area (Å²) in [5.74, 6) is 0.0494. The Bertz CT molecular complexity index is 649. The van der Waals surface area contributed by atoms with Gasteiger partial charge in [0.25, 0.3) is 0 Å². The van der Waals surface area contributed by atoms with E-state index < -0.39 is 0 Å². The van der Waals surface area contributed by atoms with E-state index >= 15 is 0 Å². The van der Waals surface area contributed by atoms with Crippen LogP contribution in [0.25, 0.3) is 0 Å². The maximum Gasteiger partial charge on any atom is 0.233 e. The van der Waals surface area contributed by atoms with Crippen LogP contribution in [0.3, 0.4) is 0 Å². The summed E-state index contributed by atoms with van der Waals surface area (Å²) in [7, 11) is 1.59. The molecule has 1 saturated carbocycles. The molecule has 0 unspecified atom stereocenters. The average molecular weight is 344 g/mol. The fraction of sp³-hybridized carbons (Fsp3) is 0.526. The number of carbonyl (C=O) groups excluding carboxylic acids is 3. The summed E-state index contributed by atoms with van der Waals surface area (Å²) in [6, 6.07) is 7.48. The van der Waals surface area contributed by atoms with E-state index in [-0.39, 0.29) is 42.5 Å². The zero-order valence-electron chi connectivity index (χ0n) is 14.5. The Morgan fingerprint density at radius 1 is 1.16 bits per heavy atom. The molecule has 134 valence electrons. The van der Waals surface area contributed by atoms with Crippen molar-refractivity contribution in [1.82, 2.24) is 10.2 Å². The number of hydrogen-bond acceptors (Lipinski definition) is 4. The van der Waals surface area contributed by atoms with Gasteiger partial charge in [0.2, 0.25) is 17.7 Å². The Morgan fingerprint density at radius 2 is 1.80 bits per heavy atom. The van der Waals surface area contributed by atoms with Gasteiger partial charge in [0, 0.05) is 25.1 Å². The van der Waals surface area contributed by atoms with Gasteiger partial charge in [-0.1, -0.05) is 31.0 Å². The second-order valence-electron chi connectivity index (χ2n) is 6.66. The molecule has 1 heterocycles. The number of benzene rings is 1. The molecule has 25 heavy (non-hydrogen) atoms. The maximum absolute atomic E-state index is 12.4. The molecule has 2 aliphatic rings. The fourth-order valence-corrected chi connectivity index (χ4v) is 3.80. The zero-order valence-corrected chi connectivity index (χ0v) is 14.5. The number of carbonyl (C=O) groups is 3. The normalized spacial score (nSPS) is 22.7. The van der Waals surface area contributed by atoms with Gasteiger partial charge in [0.1, 0.15) is 5.75 Å². The first-order valence-electron chi connectivity index (χ1n) is 8.85. The number of likely N-dealkylation sites (tertiary alicyclic amines) is 1. The van der Waals surface area contributed by atoms with E-state index in [1.807, 2.05) is 24.3 Å². The number of nitrogens with zero attached hydrogens (tertiary/aromatic N) is 1. The van der Waals surface area contributed by atoms with Gasteiger partial charge in [-0.15, -0.1) is 0 Å². The van der Waals surface area contributed by atoms with Crippen LogP contribution in [-0.4, -0.2) is 36.3 Å². The first-order valence-corrected chi connectivity index (χ1v) is 8.85. The zero-order chi connectivity index (χ0) is 17.8. The minimum Gasteiger partial charge on any atom is -0.496 e. The van der Waals surface area contributed by atoms with Crippen LogP contribution in [-0.2, 0) is 20.9 Å². The Labute approximate surface area is 147 Å². The van der Waals surface area contributed by atoms with Gasteiger partial charge in [0.15, 0.2) is 0 Å². The summed E-state index contributed by atoms with van der Waals surface area (Å²) in [4.78, 5) is 38.2. The number of hydrogen-bond donors (Lipinski definition) is 1. The highest BCUT2D eigenvalue weighted by Crippen LogP contribution is 2.37. The number of ether oxygens (including phenoxy) is 1. The quantitative estimate of drug-likeness (QED) is 0.800. The third-order valence-corrected chi connectivity index (χ3v) is 5.16. The van der Waals surface area contributed by atoms with E-state index in [0.717, 1.165) is 37.0 Å². The number of methoxy groups -OCH3 is 1. The third kappa shape index (κ3) is 3.67. The monoisotopic (exact) mass is 344 g/mol. The minimum absolute atomic E-state index is 0.0905. The van der Waals surface area contributed by atoms with Crippen molar-refractivity contribution in [2.45, 2.75) is 38.6 Å². The molecule has 0 aromatic heterocycles. The topological polar surface area (TPSA) is 75.7 Å². The summed E-state index contributed by atoms with van der Waals surface area (Å²) in [5.41, 5.74) is 0.887. The smallest absolute Gasteiger partial charge is 0.233 e. The standard InChI is InChI=1S/C19H24N2O4/c1-25-16-9-5-2-6-13(16)12-20-17(22)10-11-21-18(23)14-7-3-4-8-15(14)19(21)24/h2,5-6,9,14-15H,3-4,7-8,10-12H2,1H3,(H,20,22)/t14-,15-/m0/s1. The molecule has 1 aromatic rings. The first-order chi connectivity index (χ1) is 12.1. The SMILES string of the molecule is COc1ccccc1CNC(=O)CCN1C(=O)[C@H]2CCCC[C@@H]2C1=O. The molecule has 2 fully saturated rings. The number of fused-ring (bicyclic) bond motifs is 1. The third-order valence-electron chi connectivity index (χ3n) is 5.16. The van der Waals surface area contributed by atoms with Gasteiger partial charge in [-0.05, 0) is 18.9 Å². The van der Waals surface area contributed by atoms with E-state index in [4.69, 9.17) is 4.74 Å². The van der Waals surface area contributed by atoms with Gasteiger partial charge < -0.3 is 10.1 Å². The van der Waals surface area contributed by atoms with Gasteiger partial charge in [-0.3, -0.25) is 19.3 Å². The Kier molecular flexibility index (Phi) is 5.36. The molecule has 6 nitrogen and oxygen atoms in total. The van der Waals surface area contributed by atoms with Crippen molar-refractivity contribution in [3.8, 4) is 5.75 Å². The van der Waals surface area contributed by atoms with Crippen LogP contribution in [0.15, 0.2) is 24.3 Å². The fourth-order valence-electron chi connectivity index (χ4n) is 3.80. The first kappa shape index (κ1) is 17.5. The van der Waals surface area contributed by atoms with Gasteiger partial charge in [0.05, 0.1) is 18.9 Å². The molecule has 0 bridgehead atoms. The summed E-state index contributed by atoms with van der Waals surface area (Å²) >= 11 is 0. The van der Waals surface area contributed by atoms with Crippen LogP contribution in [0, 0.1) is 11.8 Å². The lowest BCUT2D eigenvalue weighted by molar-refractivity contribution is -0.140. The molecule has 0 radical (unpaired) electrons. The second-order valence-corrected chi connectivity index (χ2v) is 6.66. The van der Waals surface area contributed by atoms with Crippen LogP contribution in [0.5, 0.6) is 5.75 Å². The lowest BCUT2D eigenvalue weighted by Crippen LogP contribution is -2.35. The molecule has 1 saturated heterocycles. The van der Waals surface area contributed by atoms with Crippen LogP contribution >= 0.6 is 0 Å².